The number of nitrogens with one attached hydrogen (secondary N) is 1. The molecule has 1 N–H and O–H groups in total. The van der Waals surface area contributed by atoms with Gasteiger partial charge < -0.3 is 14.0 Å². The lowest BCUT2D eigenvalue weighted by atomic mass is 10.0. The van der Waals surface area contributed by atoms with Crippen LogP contribution in [-0.4, -0.2) is 44.7 Å². The van der Waals surface area contributed by atoms with Crippen LogP contribution in [0.3, 0.4) is 0 Å². The van der Waals surface area contributed by atoms with Gasteiger partial charge in [0.25, 0.3) is 5.91 Å². The Balaban J connectivity index is 1.25. The second-order valence-electron chi connectivity index (χ2n) is 9.80. The van der Waals surface area contributed by atoms with Crippen LogP contribution in [0.4, 0.5) is 0 Å². The van der Waals surface area contributed by atoms with Crippen molar-refractivity contribution in [1.82, 2.24) is 9.58 Å². The van der Waals surface area contributed by atoms with Gasteiger partial charge in [0.1, 0.15) is 23.1 Å². The molecule has 6 rings (SSSR count). The summed E-state index contributed by atoms with van der Waals surface area (Å²) in [7, 11) is 0. The zero-order valence-corrected chi connectivity index (χ0v) is 23.6. The summed E-state index contributed by atoms with van der Waals surface area (Å²) < 4.78 is 14.0. The fourth-order valence-electron chi connectivity index (χ4n) is 4.92. The summed E-state index contributed by atoms with van der Waals surface area (Å²) in [5.74, 6) is 1.14. The van der Waals surface area contributed by atoms with Gasteiger partial charge in [0.15, 0.2) is 5.84 Å². The molecule has 9 heteroatoms. The van der Waals surface area contributed by atoms with Gasteiger partial charge in [0.05, 0.1) is 12.2 Å². The molecule has 4 aromatic rings. The van der Waals surface area contributed by atoms with Crippen molar-refractivity contribution in [1.29, 1.82) is 5.41 Å². The smallest absolute Gasteiger partial charge is 0.283 e. The van der Waals surface area contributed by atoms with Crippen molar-refractivity contribution in [2.45, 2.75) is 26.8 Å². The van der Waals surface area contributed by atoms with Gasteiger partial charge in [-0.05, 0) is 74.5 Å². The number of hydrogen-bond donors (Lipinski definition) is 1. The summed E-state index contributed by atoms with van der Waals surface area (Å²) in [6.07, 6.45) is 2.61. The number of fused-ring (bicyclic) bond motifs is 2. The van der Waals surface area contributed by atoms with Gasteiger partial charge in [0, 0.05) is 28.7 Å². The second-order valence-corrected chi connectivity index (χ2v) is 10.8. The van der Waals surface area contributed by atoms with Crippen molar-refractivity contribution in [3.05, 3.63) is 101 Å². The lowest BCUT2D eigenvalue weighted by Gasteiger charge is -2.20. The van der Waals surface area contributed by atoms with Gasteiger partial charge in [-0.1, -0.05) is 48.0 Å². The number of para-hydroxylation sites is 2. The van der Waals surface area contributed by atoms with Gasteiger partial charge in [-0.15, -0.1) is 0 Å². The molecule has 206 valence electrons. The molecule has 0 unspecified atom stereocenters. The van der Waals surface area contributed by atoms with E-state index in [2.05, 4.69) is 39.8 Å². The fraction of sp³-hybridized carbons (Fsp3) is 0.188. The molecule has 0 radical (unpaired) electrons. The van der Waals surface area contributed by atoms with Crippen LogP contribution in [0.1, 0.15) is 23.2 Å². The van der Waals surface area contributed by atoms with Gasteiger partial charge in [-0.25, -0.2) is 0 Å². The highest BCUT2D eigenvalue weighted by atomic mass is 32.2. The van der Waals surface area contributed by atoms with Crippen LogP contribution in [0.5, 0.6) is 11.5 Å². The minimum Gasteiger partial charge on any atom is -0.494 e. The number of nitrogens with zero attached hydrogens (tertiary/aromatic N) is 4. The Morgan fingerprint density at radius 3 is 2.39 bits per heavy atom. The van der Waals surface area contributed by atoms with E-state index in [1.807, 2.05) is 67.6 Å². The topological polar surface area (TPSA) is 92.3 Å². The molecule has 1 aromatic heterocycles. The number of benzene rings is 3. The predicted octanol–water partition coefficient (Wildman–Crippen LogP) is 6.43. The van der Waals surface area contributed by atoms with E-state index in [4.69, 9.17) is 14.9 Å². The number of hydrogen-bond acceptors (Lipinski definition) is 6. The first kappa shape index (κ1) is 26.6. The van der Waals surface area contributed by atoms with Gasteiger partial charge in [-0.2, -0.15) is 15.1 Å². The Kier molecular flexibility index (Phi) is 7.43. The average molecular weight is 564 g/mol. The summed E-state index contributed by atoms with van der Waals surface area (Å²) in [4.78, 5) is 17.4. The van der Waals surface area contributed by atoms with E-state index in [1.165, 1.54) is 16.8 Å². The van der Waals surface area contributed by atoms with Crippen molar-refractivity contribution < 1.29 is 14.3 Å². The van der Waals surface area contributed by atoms with Crippen molar-refractivity contribution in [2.24, 2.45) is 10.1 Å². The Morgan fingerprint density at radius 1 is 0.951 bits per heavy atom. The molecule has 0 bridgehead atoms. The monoisotopic (exact) mass is 563 g/mol. The van der Waals surface area contributed by atoms with E-state index in [0.29, 0.717) is 16.8 Å². The maximum absolute atomic E-state index is 13.2. The van der Waals surface area contributed by atoms with Crippen molar-refractivity contribution >= 4 is 50.7 Å². The van der Waals surface area contributed by atoms with Gasteiger partial charge in [0.2, 0.25) is 5.17 Å². The molecule has 3 aromatic carbocycles. The second kappa shape index (κ2) is 11.5. The minimum atomic E-state index is -0.446. The summed E-state index contributed by atoms with van der Waals surface area (Å²) in [6, 6.07) is 25.6. The third-order valence-electron chi connectivity index (χ3n) is 6.96. The van der Waals surface area contributed by atoms with E-state index in [1.54, 1.807) is 6.08 Å². The number of amidine groups is 2. The summed E-state index contributed by atoms with van der Waals surface area (Å²) in [5, 5.41) is 16.8. The van der Waals surface area contributed by atoms with E-state index in [0.717, 1.165) is 52.2 Å². The van der Waals surface area contributed by atoms with Crippen molar-refractivity contribution in [2.75, 3.05) is 13.2 Å². The van der Waals surface area contributed by atoms with Gasteiger partial charge in [-0.3, -0.25) is 10.2 Å². The number of thioether (sulfide) groups is 1. The molecule has 3 heterocycles. The summed E-state index contributed by atoms with van der Waals surface area (Å²) in [6.45, 7) is 5.68. The van der Waals surface area contributed by atoms with Crippen LogP contribution < -0.4 is 9.47 Å². The quantitative estimate of drug-likeness (QED) is 0.187. The van der Waals surface area contributed by atoms with E-state index in [-0.39, 0.29) is 18.0 Å². The first-order valence-electron chi connectivity index (χ1n) is 13.4. The standard InChI is InChI=1S/C32H29N5O3S/c1-21-14-15-28-26(18-21)25(22(2)36(28)16-9-17-39-23-10-5-3-6-11-23)19-27-30(33)37-32(34-31(27)38)41-29(35-37)20-40-24-12-7-4-8-13-24/h3-8,10-15,18-19,33H,9,16-17,20H2,1-2H3. The van der Waals surface area contributed by atoms with E-state index < -0.39 is 5.91 Å². The van der Waals surface area contributed by atoms with Crippen molar-refractivity contribution in [3.8, 4) is 11.5 Å². The molecule has 0 saturated heterocycles. The normalized spacial score (nSPS) is 15.8. The first-order chi connectivity index (χ1) is 20.0. The lowest BCUT2D eigenvalue weighted by Crippen LogP contribution is -2.35. The van der Waals surface area contributed by atoms with Crippen LogP contribution in [0, 0.1) is 19.3 Å². The lowest BCUT2D eigenvalue weighted by molar-refractivity contribution is -0.114. The molecular formula is C32H29N5O3S. The SMILES string of the molecule is Cc1ccc2c(c1)c(C=C1C(=N)N3N=C(COc4ccccc4)SC3=NC1=O)c(C)n2CCCOc1ccccc1. The van der Waals surface area contributed by atoms with E-state index in [9.17, 15) is 4.79 Å². The molecule has 0 aliphatic carbocycles. The van der Waals surface area contributed by atoms with E-state index >= 15 is 0 Å². The summed E-state index contributed by atoms with van der Waals surface area (Å²) >= 11 is 1.25. The zero-order valence-electron chi connectivity index (χ0n) is 22.8. The average Bonchev–Trinajstić information content (AvgIpc) is 3.51. The largest absolute Gasteiger partial charge is 0.494 e. The molecule has 0 fully saturated rings. The number of aromatic nitrogens is 1. The van der Waals surface area contributed by atoms with Crippen LogP contribution in [0.25, 0.3) is 17.0 Å². The van der Waals surface area contributed by atoms with Crippen molar-refractivity contribution in [3.63, 3.8) is 0 Å². The third kappa shape index (κ3) is 5.53. The molecule has 2 aliphatic rings. The fourth-order valence-corrected chi connectivity index (χ4v) is 5.72. The predicted molar refractivity (Wildman–Crippen MR) is 165 cm³/mol. The Hall–Kier alpha value is -4.63. The third-order valence-corrected chi connectivity index (χ3v) is 7.84. The molecule has 1 amide bonds. The molecule has 41 heavy (non-hydrogen) atoms. The molecule has 0 atom stereocenters. The Labute approximate surface area is 242 Å². The highest BCUT2D eigenvalue weighted by molar-refractivity contribution is 8.27. The number of rotatable bonds is 9. The highest BCUT2D eigenvalue weighted by Crippen LogP contribution is 2.33. The molecule has 0 spiro atoms. The van der Waals surface area contributed by atoms with Crippen LogP contribution >= 0.6 is 11.8 Å². The number of carbonyl (C=O) groups excluding carboxylic acids is 1. The number of amides is 1. The molecule has 2 aliphatic heterocycles. The molecule has 0 saturated carbocycles. The van der Waals surface area contributed by atoms with Crippen LogP contribution in [0.15, 0.2) is 94.5 Å². The number of hydrazone groups is 1. The maximum atomic E-state index is 13.2. The number of aliphatic imine (C=N–C) groups is 1. The van der Waals surface area contributed by atoms with Gasteiger partial charge >= 0.3 is 0 Å². The number of carbonyl (C=O) groups is 1. The van der Waals surface area contributed by atoms with Crippen LogP contribution in [0.2, 0.25) is 0 Å². The number of ether oxygens (including phenoxy) is 2. The number of aryl methyl sites for hydroxylation is 2. The maximum Gasteiger partial charge on any atom is 0.283 e. The first-order valence-corrected chi connectivity index (χ1v) is 14.2. The molecular weight excluding hydrogens is 534 g/mol. The highest BCUT2D eigenvalue weighted by Gasteiger charge is 2.36. The Bertz CT molecular complexity index is 1720. The zero-order chi connectivity index (χ0) is 28.3. The Morgan fingerprint density at radius 2 is 1.66 bits per heavy atom. The minimum absolute atomic E-state index is 0.00595. The molecule has 8 nitrogen and oxygen atoms in total. The van der Waals surface area contributed by atoms with Crippen LogP contribution in [-0.2, 0) is 11.3 Å². The summed E-state index contributed by atoms with van der Waals surface area (Å²) in [5.41, 5.74) is 4.33.